The summed E-state index contributed by atoms with van der Waals surface area (Å²) in [6, 6.07) is 9.34. The number of azo groups is 1. The van der Waals surface area contributed by atoms with E-state index >= 15 is 0 Å². The van der Waals surface area contributed by atoms with Gasteiger partial charge in [0, 0.05) is 11.6 Å². The summed E-state index contributed by atoms with van der Waals surface area (Å²) in [6.45, 7) is 4.04. The summed E-state index contributed by atoms with van der Waals surface area (Å²) < 4.78 is 0. The lowest BCUT2D eigenvalue weighted by Crippen LogP contribution is -1.81. The second-order valence-electron chi connectivity index (χ2n) is 4.64. The van der Waals surface area contributed by atoms with E-state index in [9.17, 15) is 5.11 Å². The van der Waals surface area contributed by atoms with Gasteiger partial charge in [-0.05, 0) is 37.1 Å². The molecule has 0 unspecified atom stereocenters. The number of fused-ring (bicyclic) bond motifs is 1. The van der Waals surface area contributed by atoms with Gasteiger partial charge in [0.15, 0.2) is 11.5 Å². The first-order chi connectivity index (χ1) is 9.66. The average Bonchev–Trinajstić information content (AvgIpc) is 2.79. The van der Waals surface area contributed by atoms with Gasteiger partial charge in [-0.2, -0.15) is 0 Å². The molecule has 100 valence electrons. The summed E-state index contributed by atoms with van der Waals surface area (Å²) in [6.07, 6.45) is 1.65. The Kier molecular flexibility index (Phi) is 2.95. The van der Waals surface area contributed by atoms with Gasteiger partial charge in [-0.25, -0.2) is 4.98 Å². The number of rotatable bonds is 2. The largest absolute Gasteiger partial charge is 0.493 e. The van der Waals surface area contributed by atoms with Gasteiger partial charge in [0.25, 0.3) is 0 Å². The van der Waals surface area contributed by atoms with E-state index in [0.717, 1.165) is 22.0 Å². The highest BCUT2D eigenvalue weighted by Crippen LogP contribution is 2.38. The molecule has 0 fully saturated rings. The summed E-state index contributed by atoms with van der Waals surface area (Å²) in [5.74, 6) is 0.526. The van der Waals surface area contributed by atoms with Crippen LogP contribution in [0, 0.1) is 13.8 Å². The molecule has 5 heteroatoms. The van der Waals surface area contributed by atoms with E-state index in [0.29, 0.717) is 11.5 Å². The molecule has 3 aromatic rings. The molecule has 0 amide bonds. The molecule has 3 rings (SSSR count). The van der Waals surface area contributed by atoms with Crippen LogP contribution in [0.2, 0.25) is 0 Å². The molecular formula is C15H14N4O. The fourth-order valence-corrected chi connectivity index (χ4v) is 2.09. The first-order valence-corrected chi connectivity index (χ1v) is 6.30. The molecule has 0 saturated carbocycles. The van der Waals surface area contributed by atoms with Gasteiger partial charge in [0.05, 0.1) is 5.52 Å². The fourth-order valence-electron chi connectivity index (χ4n) is 2.09. The van der Waals surface area contributed by atoms with Crippen molar-refractivity contribution in [1.29, 1.82) is 0 Å². The van der Waals surface area contributed by atoms with Crippen LogP contribution in [0.25, 0.3) is 10.9 Å². The molecule has 0 aliphatic heterocycles. The van der Waals surface area contributed by atoms with Crippen LogP contribution in [0.5, 0.6) is 5.88 Å². The number of nitrogens with zero attached hydrogens (tertiary/aromatic N) is 3. The Labute approximate surface area is 116 Å². The van der Waals surface area contributed by atoms with Crippen molar-refractivity contribution < 1.29 is 5.11 Å². The highest BCUT2D eigenvalue weighted by molar-refractivity contribution is 5.96. The Bertz CT molecular complexity index is 790. The highest BCUT2D eigenvalue weighted by atomic mass is 16.3. The van der Waals surface area contributed by atoms with Crippen molar-refractivity contribution in [2.45, 2.75) is 13.8 Å². The maximum Gasteiger partial charge on any atom is 0.218 e. The SMILES string of the molecule is Cc1ccc2c(N=Nc3ccccn3)c(O)[nH]c2c1C. The normalized spacial score (nSPS) is 11.5. The molecule has 2 heterocycles. The summed E-state index contributed by atoms with van der Waals surface area (Å²) in [7, 11) is 0. The first kappa shape index (κ1) is 12.3. The molecule has 0 aliphatic carbocycles. The molecule has 1 aromatic carbocycles. The van der Waals surface area contributed by atoms with Gasteiger partial charge < -0.3 is 10.1 Å². The number of pyridine rings is 1. The number of hydrogen-bond acceptors (Lipinski definition) is 4. The minimum atomic E-state index is 0.0216. The molecule has 0 spiro atoms. The number of aromatic hydroxyl groups is 1. The summed E-state index contributed by atoms with van der Waals surface area (Å²) in [4.78, 5) is 7.02. The second kappa shape index (κ2) is 4.77. The fraction of sp³-hybridized carbons (Fsp3) is 0.133. The maximum absolute atomic E-state index is 10.00. The minimum absolute atomic E-state index is 0.0216. The quantitative estimate of drug-likeness (QED) is 0.678. The van der Waals surface area contributed by atoms with Crippen LogP contribution in [0.15, 0.2) is 46.8 Å². The molecule has 2 aromatic heterocycles. The van der Waals surface area contributed by atoms with Crippen molar-refractivity contribution in [3.05, 3.63) is 47.7 Å². The zero-order valence-corrected chi connectivity index (χ0v) is 11.3. The number of H-pyrrole nitrogens is 1. The monoisotopic (exact) mass is 266 g/mol. The highest BCUT2D eigenvalue weighted by Gasteiger charge is 2.12. The smallest absolute Gasteiger partial charge is 0.218 e. The third kappa shape index (κ3) is 2.03. The van der Waals surface area contributed by atoms with Crippen LogP contribution >= 0.6 is 0 Å². The van der Waals surface area contributed by atoms with E-state index in [2.05, 4.69) is 20.2 Å². The number of aromatic amines is 1. The lowest BCUT2D eigenvalue weighted by Gasteiger charge is -2.00. The van der Waals surface area contributed by atoms with Gasteiger partial charge in [-0.1, -0.05) is 18.2 Å². The zero-order valence-electron chi connectivity index (χ0n) is 11.3. The van der Waals surface area contributed by atoms with Gasteiger partial charge in [0.2, 0.25) is 5.88 Å². The number of benzene rings is 1. The van der Waals surface area contributed by atoms with Crippen LogP contribution in [0.3, 0.4) is 0 Å². The lowest BCUT2D eigenvalue weighted by molar-refractivity contribution is 0.459. The lowest BCUT2D eigenvalue weighted by atomic mass is 10.1. The minimum Gasteiger partial charge on any atom is -0.493 e. The van der Waals surface area contributed by atoms with Crippen molar-refractivity contribution in [3.8, 4) is 5.88 Å². The first-order valence-electron chi connectivity index (χ1n) is 6.30. The van der Waals surface area contributed by atoms with E-state index < -0.39 is 0 Å². The number of hydrogen-bond donors (Lipinski definition) is 2. The molecule has 0 aliphatic rings. The summed E-state index contributed by atoms with van der Waals surface area (Å²) in [5, 5.41) is 19.0. The topological polar surface area (TPSA) is 73.6 Å². The van der Waals surface area contributed by atoms with Gasteiger partial charge in [-0.15, -0.1) is 10.2 Å². The zero-order chi connectivity index (χ0) is 14.1. The van der Waals surface area contributed by atoms with Gasteiger partial charge in [0.1, 0.15) is 0 Å². The van der Waals surface area contributed by atoms with E-state index in [1.165, 1.54) is 0 Å². The van der Waals surface area contributed by atoms with E-state index in [1.807, 2.05) is 38.1 Å². The summed E-state index contributed by atoms with van der Waals surface area (Å²) >= 11 is 0. The van der Waals surface area contributed by atoms with Crippen molar-refractivity contribution in [2.24, 2.45) is 10.2 Å². The van der Waals surface area contributed by atoms with Gasteiger partial charge >= 0.3 is 0 Å². The average molecular weight is 266 g/mol. The Morgan fingerprint density at radius 1 is 1.10 bits per heavy atom. The Hall–Kier alpha value is -2.69. The second-order valence-corrected chi connectivity index (χ2v) is 4.64. The van der Waals surface area contributed by atoms with Crippen LogP contribution < -0.4 is 0 Å². The molecule has 5 nitrogen and oxygen atoms in total. The predicted molar refractivity (Wildman–Crippen MR) is 77.9 cm³/mol. The molecule has 2 N–H and O–H groups in total. The van der Waals surface area contributed by atoms with Crippen molar-refractivity contribution >= 4 is 22.4 Å². The van der Waals surface area contributed by atoms with Gasteiger partial charge in [-0.3, -0.25) is 0 Å². The Morgan fingerprint density at radius 3 is 2.70 bits per heavy atom. The van der Waals surface area contributed by atoms with Crippen molar-refractivity contribution in [3.63, 3.8) is 0 Å². The number of aromatic nitrogens is 2. The molecule has 20 heavy (non-hydrogen) atoms. The third-order valence-corrected chi connectivity index (χ3v) is 3.36. The standard InChI is InChI=1S/C15H14N4O/c1-9-6-7-11-13(10(9)2)17-15(20)14(11)19-18-12-5-3-4-8-16-12/h3-8,17,20H,1-2H3. The van der Waals surface area contributed by atoms with Crippen LogP contribution in [-0.2, 0) is 0 Å². The number of aryl methyl sites for hydroxylation is 2. The van der Waals surface area contributed by atoms with Crippen LogP contribution in [0.1, 0.15) is 11.1 Å². The Balaban J connectivity index is 2.11. The van der Waals surface area contributed by atoms with E-state index in [1.54, 1.807) is 12.3 Å². The molecule has 0 atom stereocenters. The number of nitrogens with one attached hydrogen (secondary N) is 1. The van der Waals surface area contributed by atoms with E-state index in [-0.39, 0.29) is 5.88 Å². The maximum atomic E-state index is 10.00. The molecule has 0 saturated heterocycles. The predicted octanol–water partition coefficient (Wildman–Crippen LogP) is 4.30. The summed E-state index contributed by atoms with van der Waals surface area (Å²) in [5.41, 5.74) is 3.58. The van der Waals surface area contributed by atoms with Crippen molar-refractivity contribution in [1.82, 2.24) is 9.97 Å². The molecule has 0 radical (unpaired) electrons. The molecule has 0 bridgehead atoms. The Morgan fingerprint density at radius 2 is 1.95 bits per heavy atom. The van der Waals surface area contributed by atoms with Crippen LogP contribution in [0.4, 0.5) is 11.5 Å². The van der Waals surface area contributed by atoms with Crippen LogP contribution in [-0.4, -0.2) is 15.1 Å². The third-order valence-electron chi connectivity index (χ3n) is 3.36. The molecular weight excluding hydrogens is 252 g/mol. The van der Waals surface area contributed by atoms with Crippen molar-refractivity contribution in [2.75, 3.05) is 0 Å². The van der Waals surface area contributed by atoms with E-state index in [4.69, 9.17) is 0 Å².